The van der Waals surface area contributed by atoms with Crippen molar-refractivity contribution in [2.24, 2.45) is 0 Å². The molecular weight excluding hydrogens is 1170 g/mol. The molecule has 0 atom stereocenters. The fraction of sp³-hybridized carbons (Fsp3) is 0.0222. The maximum atomic E-state index is 7.51. The molecule has 0 N–H and O–H groups in total. The van der Waals surface area contributed by atoms with Crippen LogP contribution in [-0.4, -0.2) is 0 Å². The zero-order chi connectivity index (χ0) is 63.8. The third-order valence-electron chi connectivity index (χ3n) is 19.0. The summed E-state index contributed by atoms with van der Waals surface area (Å²) in [7, 11) is 0. The Morgan fingerprint density at radius 3 is 0.771 bits per heavy atom. The van der Waals surface area contributed by atoms with Crippen molar-refractivity contribution < 1.29 is 8.83 Å². The van der Waals surface area contributed by atoms with Crippen LogP contribution < -0.4 is 19.6 Å². The number of para-hydroxylation sites is 5. The van der Waals surface area contributed by atoms with Gasteiger partial charge in [-0.25, -0.2) is 0 Å². The van der Waals surface area contributed by atoms with Gasteiger partial charge < -0.3 is 28.4 Å². The molecule has 2 aromatic heterocycles. The number of aryl methyl sites for hydroxylation is 2. The van der Waals surface area contributed by atoms with Gasteiger partial charge >= 0.3 is 0 Å². The fourth-order valence-corrected chi connectivity index (χ4v) is 14.7. The number of furan rings is 2. The molecule has 0 saturated heterocycles. The lowest BCUT2D eigenvalue weighted by Crippen LogP contribution is -2.11. The quantitative estimate of drug-likeness (QED) is 0.115. The Balaban J connectivity index is 0.863. The van der Waals surface area contributed by atoms with Gasteiger partial charge in [0.1, 0.15) is 22.3 Å². The fourth-order valence-electron chi connectivity index (χ4n) is 14.7. The molecule has 454 valence electrons. The SMILES string of the molecule is Cc1cccc(N(c2ccccc2)c2cc3c4cc(N(c5ccccc5)c5cccc(C)c5)c5ccc(-c6cccc(N(c7ccccc7)c7cc8c9cc(N(c%10ccccc%10)c%10ccccc%10)c%10ccccc%10c9oc8c8ccccc78)c6)cc5c4oc3c3ccccc23)c1. The van der Waals surface area contributed by atoms with Crippen molar-refractivity contribution in [1.29, 1.82) is 0 Å². The predicted molar refractivity (Wildman–Crippen MR) is 405 cm³/mol. The van der Waals surface area contributed by atoms with Crippen LogP contribution in [0.5, 0.6) is 0 Å². The van der Waals surface area contributed by atoms with E-state index in [2.05, 4.69) is 373 Å². The molecule has 2 heterocycles. The van der Waals surface area contributed by atoms with Crippen molar-refractivity contribution in [3.05, 3.63) is 351 Å². The maximum Gasteiger partial charge on any atom is 0.143 e. The van der Waals surface area contributed by atoms with Gasteiger partial charge in [-0.1, -0.05) is 212 Å². The molecule has 6 nitrogen and oxygen atoms in total. The Morgan fingerprint density at radius 1 is 0.177 bits per heavy atom. The molecule has 0 saturated carbocycles. The topological polar surface area (TPSA) is 39.2 Å². The first-order valence-electron chi connectivity index (χ1n) is 32.8. The standard InChI is InChI=1S/C90H62N4O2/c1-59-27-24-40-68(51-59)92(65-34-12-5-13-35-65)84-57-81-82-58-86(93(66-36-14-6-15-37-66)69-41-25-28-60(2)52-69)74-50-49-62(54-78(74)90(82)96-89(81)77-48-23-19-44-72(77)84)61-29-26-42-70(53-61)94(67-38-16-7-17-39-67)85-56-80-79-55-83(91(63-30-8-3-9-31-63)64-32-10-4-11-33-64)71-43-18-21-46-75(71)87(79)95-88(80)76-47-22-20-45-73(76)85/h3-58H,1-2H3. The molecular formula is C90H62N4O2. The second-order valence-corrected chi connectivity index (χ2v) is 24.9. The van der Waals surface area contributed by atoms with Gasteiger partial charge in [0.15, 0.2) is 0 Å². The highest BCUT2D eigenvalue weighted by atomic mass is 16.3. The minimum Gasteiger partial charge on any atom is -0.455 e. The normalized spacial score (nSPS) is 11.6. The summed E-state index contributed by atoms with van der Waals surface area (Å²) in [5, 5.41) is 12.6. The van der Waals surface area contributed by atoms with Gasteiger partial charge in [0.2, 0.25) is 0 Å². The Kier molecular flexibility index (Phi) is 13.6. The first kappa shape index (κ1) is 56.1. The van der Waals surface area contributed by atoms with Gasteiger partial charge in [-0.3, -0.25) is 0 Å². The van der Waals surface area contributed by atoms with Gasteiger partial charge in [-0.2, -0.15) is 0 Å². The third-order valence-corrected chi connectivity index (χ3v) is 19.0. The number of anilines is 12. The molecule has 6 heteroatoms. The molecule has 0 radical (unpaired) electrons. The Morgan fingerprint density at radius 2 is 0.427 bits per heavy atom. The van der Waals surface area contributed by atoms with Gasteiger partial charge in [0.25, 0.3) is 0 Å². The molecule has 0 aliphatic heterocycles. The number of nitrogens with zero attached hydrogens (tertiary/aromatic N) is 4. The summed E-state index contributed by atoms with van der Waals surface area (Å²) in [5.74, 6) is 0. The molecule has 0 unspecified atom stereocenters. The van der Waals surface area contributed by atoms with Crippen LogP contribution in [0, 0.1) is 13.8 Å². The van der Waals surface area contributed by atoms with Crippen molar-refractivity contribution in [2.45, 2.75) is 13.8 Å². The lowest BCUT2D eigenvalue weighted by molar-refractivity contribution is 0.676. The predicted octanol–water partition coefficient (Wildman–Crippen LogP) is 26.3. The van der Waals surface area contributed by atoms with Crippen LogP contribution in [0.2, 0.25) is 0 Å². The molecule has 16 aromatic carbocycles. The van der Waals surface area contributed by atoms with Crippen molar-refractivity contribution in [3.63, 3.8) is 0 Å². The van der Waals surface area contributed by atoms with E-state index in [0.29, 0.717) is 0 Å². The monoisotopic (exact) mass is 1230 g/mol. The first-order valence-corrected chi connectivity index (χ1v) is 32.8. The zero-order valence-corrected chi connectivity index (χ0v) is 52.9. The summed E-state index contributed by atoms with van der Waals surface area (Å²) in [6, 6.07) is 123. The van der Waals surface area contributed by atoms with Crippen molar-refractivity contribution in [3.8, 4) is 11.1 Å². The van der Waals surface area contributed by atoms with E-state index < -0.39 is 0 Å². The number of hydrogen-bond donors (Lipinski definition) is 0. The summed E-state index contributed by atoms with van der Waals surface area (Å²) in [6.07, 6.45) is 0. The molecule has 18 rings (SSSR count). The van der Waals surface area contributed by atoms with Crippen molar-refractivity contribution in [1.82, 2.24) is 0 Å². The highest BCUT2D eigenvalue weighted by Crippen LogP contribution is 2.52. The van der Waals surface area contributed by atoms with Crippen LogP contribution in [0.1, 0.15) is 11.1 Å². The average molecular weight is 1230 g/mol. The van der Waals surface area contributed by atoms with E-state index in [9.17, 15) is 0 Å². The lowest BCUT2D eigenvalue weighted by Gasteiger charge is -2.28. The van der Waals surface area contributed by atoms with Gasteiger partial charge in [-0.15, -0.1) is 0 Å². The molecule has 0 aliphatic rings. The number of rotatable bonds is 13. The molecule has 0 amide bonds. The molecule has 18 aromatic rings. The van der Waals surface area contributed by atoms with E-state index in [4.69, 9.17) is 8.83 Å². The first-order chi connectivity index (χ1) is 47.5. The Bertz CT molecular complexity index is 5970. The van der Waals surface area contributed by atoms with Gasteiger partial charge in [0.05, 0.1) is 22.7 Å². The largest absolute Gasteiger partial charge is 0.455 e. The van der Waals surface area contributed by atoms with Crippen LogP contribution in [-0.2, 0) is 0 Å². The van der Waals surface area contributed by atoms with Crippen molar-refractivity contribution in [2.75, 3.05) is 19.6 Å². The van der Waals surface area contributed by atoms with E-state index in [1.165, 1.54) is 11.1 Å². The maximum absolute atomic E-state index is 7.51. The smallest absolute Gasteiger partial charge is 0.143 e. The molecule has 0 fully saturated rings. The Labute approximate surface area is 556 Å². The van der Waals surface area contributed by atoms with E-state index >= 15 is 0 Å². The van der Waals surface area contributed by atoms with Crippen LogP contribution in [0.25, 0.3) is 98.1 Å². The van der Waals surface area contributed by atoms with E-state index in [-0.39, 0.29) is 0 Å². The van der Waals surface area contributed by atoms with E-state index in [1.807, 2.05) is 0 Å². The summed E-state index contributed by atoms with van der Waals surface area (Å²) >= 11 is 0. The summed E-state index contributed by atoms with van der Waals surface area (Å²) in [5.41, 5.74) is 20.5. The molecule has 0 bridgehead atoms. The second-order valence-electron chi connectivity index (χ2n) is 24.9. The Hall–Kier alpha value is -12.6. The van der Waals surface area contributed by atoms with Crippen LogP contribution >= 0.6 is 0 Å². The second kappa shape index (κ2) is 23.2. The van der Waals surface area contributed by atoms with Crippen molar-refractivity contribution >= 4 is 155 Å². The minimum absolute atomic E-state index is 0.827. The minimum atomic E-state index is 0.827. The molecule has 0 spiro atoms. The number of fused-ring (bicyclic) bond motifs is 14. The lowest BCUT2D eigenvalue weighted by atomic mass is 9.96. The third kappa shape index (κ3) is 9.48. The zero-order valence-electron chi connectivity index (χ0n) is 52.9. The summed E-state index contributed by atoms with van der Waals surface area (Å²) in [4.78, 5) is 9.59. The van der Waals surface area contributed by atoms with Crippen LogP contribution in [0.3, 0.4) is 0 Å². The van der Waals surface area contributed by atoms with Gasteiger partial charge in [-0.05, 0) is 163 Å². The van der Waals surface area contributed by atoms with Crippen LogP contribution in [0.15, 0.2) is 349 Å². The summed E-state index contributed by atoms with van der Waals surface area (Å²) in [6.45, 7) is 4.33. The number of hydrogen-bond acceptors (Lipinski definition) is 6. The molecule has 96 heavy (non-hydrogen) atoms. The van der Waals surface area contributed by atoms with Gasteiger partial charge in [0, 0.05) is 110 Å². The molecule has 0 aliphatic carbocycles. The average Bonchev–Trinajstić information content (AvgIpc) is 1.54. The van der Waals surface area contributed by atoms with E-state index in [0.717, 1.165) is 166 Å². The van der Waals surface area contributed by atoms with Crippen LogP contribution in [0.4, 0.5) is 68.2 Å². The highest BCUT2D eigenvalue weighted by Gasteiger charge is 2.28. The van der Waals surface area contributed by atoms with E-state index in [1.54, 1.807) is 0 Å². The number of benzene rings is 16. The highest BCUT2D eigenvalue weighted by molar-refractivity contribution is 6.27. The summed E-state index contributed by atoms with van der Waals surface area (Å²) < 4.78 is 14.8.